The predicted octanol–water partition coefficient (Wildman–Crippen LogP) is 6.09. The highest BCUT2D eigenvalue weighted by Gasteiger charge is 2.45. The van der Waals surface area contributed by atoms with Gasteiger partial charge in [0.15, 0.2) is 0 Å². The van der Waals surface area contributed by atoms with Crippen LogP contribution in [0.4, 0.5) is 5.69 Å². The Labute approximate surface area is 192 Å². The molecule has 7 heteroatoms. The number of methoxy groups -OCH3 is 1. The van der Waals surface area contributed by atoms with Crippen LogP contribution in [0.2, 0.25) is 0 Å². The Morgan fingerprint density at radius 3 is 2.47 bits per heavy atom. The Balaban J connectivity index is 2.20. The zero-order valence-electron chi connectivity index (χ0n) is 18.4. The average molecular weight is 462 g/mol. The summed E-state index contributed by atoms with van der Waals surface area (Å²) in [5, 5.41) is 0. The third-order valence-corrected chi connectivity index (χ3v) is 8.47. The number of fused-ring (bicyclic) bond motifs is 1. The summed E-state index contributed by atoms with van der Waals surface area (Å²) >= 11 is 8.94. The zero-order valence-corrected chi connectivity index (χ0v) is 20.9. The summed E-state index contributed by atoms with van der Waals surface area (Å²) in [7, 11) is 1.39. The van der Waals surface area contributed by atoms with Gasteiger partial charge < -0.3 is 9.64 Å². The number of hydrogen-bond donors (Lipinski definition) is 0. The summed E-state index contributed by atoms with van der Waals surface area (Å²) in [5.74, 6) is -0.00601. The molecular weight excluding hydrogens is 434 g/mol. The van der Waals surface area contributed by atoms with E-state index < -0.39 is 5.54 Å². The van der Waals surface area contributed by atoms with Gasteiger partial charge in [0.05, 0.1) is 27.4 Å². The van der Waals surface area contributed by atoms with Crippen LogP contribution < -0.4 is 4.90 Å². The second kappa shape index (κ2) is 8.52. The van der Waals surface area contributed by atoms with Crippen LogP contribution in [-0.4, -0.2) is 29.4 Å². The Bertz CT molecular complexity index is 1000. The minimum Gasteiger partial charge on any atom is -0.465 e. The highest BCUT2D eigenvalue weighted by Crippen LogP contribution is 2.55. The van der Waals surface area contributed by atoms with E-state index in [-0.39, 0.29) is 17.8 Å². The molecule has 3 rings (SSSR count). The number of allylic oxidation sites excluding steroid dienone is 1. The van der Waals surface area contributed by atoms with Gasteiger partial charge in [0.1, 0.15) is 4.91 Å². The van der Waals surface area contributed by atoms with E-state index >= 15 is 0 Å². The van der Waals surface area contributed by atoms with Crippen molar-refractivity contribution in [3.8, 4) is 0 Å². The van der Waals surface area contributed by atoms with Crippen molar-refractivity contribution in [2.24, 2.45) is 5.92 Å². The molecule has 0 bridgehead atoms. The van der Waals surface area contributed by atoms with Gasteiger partial charge in [-0.05, 0) is 45.7 Å². The molecule has 0 radical (unpaired) electrons. The van der Waals surface area contributed by atoms with Gasteiger partial charge in [-0.3, -0.25) is 4.79 Å². The molecule has 2 aliphatic heterocycles. The monoisotopic (exact) mass is 461 g/mol. The van der Waals surface area contributed by atoms with Crippen LogP contribution in [0.5, 0.6) is 0 Å². The molecule has 0 saturated heterocycles. The van der Waals surface area contributed by atoms with Crippen LogP contribution in [0.15, 0.2) is 32.2 Å². The first-order valence-electron chi connectivity index (χ1n) is 9.87. The molecule has 0 N–H and O–H groups in total. The van der Waals surface area contributed by atoms with E-state index in [9.17, 15) is 9.59 Å². The van der Waals surface area contributed by atoms with Crippen molar-refractivity contribution in [1.29, 1.82) is 0 Å². The fourth-order valence-corrected chi connectivity index (χ4v) is 6.77. The van der Waals surface area contributed by atoms with E-state index in [2.05, 4.69) is 6.07 Å². The number of carbonyl (C=O) groups is 2. The summed E-state index contributed by atoms with van der Waals surface area (Å²) in [6.07, 6.45) is 0.460. The smallest absolute Gasteiger partial charge is 0.345 e. The molecule has 0 saturated carbocycles. The van der Waals surface area contributed by atoms with Crippen LogP contribution >= 0.6 is 35.7 Å². The van der Waals surface area contributed by atoms with E-state index in [0.29, 0.717) is 16.2 Å². The Morgan fingerprint density at radius 2 is 1.87 bits per heavy atom. The Hall–Kier alpha value is -1.57. The lowest BCUT2D eigenvalue weighted by molar-refractivity contribution is -0.135. The predicted molar refractivity (Wildman–Crippen MR) is 132 cm³/mol. The molecule has 0 aliphatic carbocycles. The lowest BCUT2D eigenvalue weighted by atomic mass is 9.82. The molecule has 0 spiro atoms. The van der Waals surface area contributed by atoms with Crippen molar-refractivity contribution in [3.05, 3.63) is 43.4 Å². The van der Waals surface area contributed by atoms with Gasteiger partial charge in [0.25, 0.3) is 0 Å². The van der Waals surface area contributed by atoms with Crippen molar-refractivity contribution < 1.29 is 14.3 Å². The third kappa shape index (κ3) is 3.99. The fourth-order valence-electron chi connectivity index (χ4n) is 3.72. The first kappa shape index (κ1) is 23.1. The Morgan fingerprint density at radius 1 is 1.20 bits per heavy atom. The van der Waals surface area contributed by atoms with Gasteiger partial charge in [-0.1, -0.05) is 61.2 Å². The Kier molecular flexibility index (Phi) is 6.56. The minimum absolute atomic E-state index is 0.0720. The lowest BCUT2D eigenvalue weighted by Crippen LogP contribution is -2.56. The average Bonchev–Trinajstić information content (AvgIpc) is 3.03. The summed E-state index contributed by atoms with van der Waals surface area (Å²) in [4.78, 5) is 29.5. The molecule has 2 heterocycles. The van der Waals surface area contributed by atoms with Crippen molar-refractivity contribution in [2.45, 2.75) is 53.5 Å². The zero-order chi connectivity index (χ0) is 22.4. The molecule has 160 valence electrons. The number of nitrogens with zero attached hydrogens (tertiary/aromatic N) is 1. The van der Waals surface area contributed by atoms with Crippen molar-refractivity contribution in [2.75, 3.05) is 12.0 Å². The number of benzene rings is 1. The van der Waals surface area contributed by atoms with Crippen molar-refractivity contribution in [1.82, 2.24) is 0 Å². The number of esters is 1. The molecule has 0 fully saturated rings. The van der Waals surface area contributed by atoms with Gasteiger partial charge >= 0.3 is 5.97 Å². The van der Waals surface area contributed by atoms with Crippen LogP contribution in [0.25, 0.3) is 5.57 Å². The molecule has 4 nitrogen and oxygen atoms in total. The number of thiocarbonyl (C=S) groups is 1. The second-order valence-electron chi connectivity index (χ2n) is 8.48. The summed E-state index contributed by atoms with van der Waals surface area (Å²) in [6.45, 7) is 12.1. The first-order chi connectivity index (χ1) is 14.0. The molecule has 0 atom stereocenters. The van der Waals surface area contributed by atoms with Crippen LogP contribution in [0.1, 0.15) is 52.2 Å². The van der Waals surface area contributed by atoms with Gasteiger partial charge in [0, 0.05) is 22.5 Å². The molecule has 30 heavy (non-hydrogen) atoms. The number of hydrogen-bond acceptors (Lipinski definition) is 6. The van der Waals surface area contributed by atoms with Gasteiger partial charge in [-0.25, -0.2) is 4.79 Å². The second-order valence-corrected chi connectivity index (χ2v) is 11.4. The quantitative estimate of drug-likeness (QED) is 0.308. The summed E-state index contributed by atoms with van der Waals surface area (Å²) < 4.78 is 5.91. The molecule has 1 aromatic rings. The van der Waals surface area contributed by atoms with E-state index in [1.807, 2.05) is 58.6 Å². The molecule has 2 aliphatic rings. The minimum atomic E-state index is -0.658. The van der Waals surface area contributed by atoms with E-state index in [0.717, 1.165) is 31.5 Å². The summed E-state index contributed by atoms with van der Waals surface area (Å²) in [5.41, 5.74) is 3.20. The van der Waals surface area contributed by atoms with Crippen molar-refractivity contribution >= 4 is 63.7 Å². The maximum absolute atomic E-state index is 13.2. The highest BCUT2D eigenvalue weighted by molar-refractivity contribution is 8.29. The molecular formula is C23H27NO3S3. The van der Waals surface area contributed by atoms with Crippen molar-refractivity contribution in [3.63, 3.8) is 0 Å². The number of rotatable bonds is 3. The van der Waals surface area contributed by atoms with E-state index in [1.54, 1.807) is 11.8 Å². The molecule has 1 aromatic carbocycles. The van der Waals surface area contributed by atoms with Gasteiger partial charge in [-0.15, -0.1) is 0 Å². The normalized spacial score (nSPS) is 20.7. The van der Waals surface area contributed by atoms with Crippen LogP contribution in [0.3, 0.4) is 0 Å². The van der Waals surface area contributed by atoms with E-state index in [4.69, 9.17) is 17.0 Å². The van der Waals surface area contributed by atoms with E-state index in [1.165, 1.54) is 18.9 Å². The fraction of sp³-hybridized carbons (Fsp3) is 0.435. The number of carbonyl (C=O) groups excluding carboxylic acids is 2. The highest BCUT2D eigenvalue weighted by atomic mass is 32.2. The SMILES string of the molecule is COC(=O)C1=C(C)S/C(=C2\C(=S)C(C)(C)N(C(=O)CC(C)C)c3ccc(C)cc32)S1. The molecule has 1 amide bonds. The molecule has 0 unspecified atom stereocenters. The lowest BCUT2D eigenvalue weighted by Gasteiger charge is -2.45. The largest absolute Gasteiger partial charge is 0.465 e. The van der Waals surface area contributed by atoms with Gasteiger partial charge in [0.2, 0.25) is 5.91 Å². The number of amides is 1. The maximum Gasteiger partial charge on any atom is 0.345 e. The first-order valence-corrected chi connectivity index (χ1v) is 11.9. The summed E-state index contributed by atoms with van der Waals surface area (Å²) in [6, 6.07) is 6.12. The number of thioether (sulfide) groups is 2. The van der Waals surface area contributed by atoms with Crippen LogP contribution in [-0.2, 0) is 14.3 Å². The van der Waals surface area contributed by atoms with Gasteiger partial charge in [-0.2, -0.15) is 0 Å². The number of ether oxygens (including phenoxy) is 1. The number of aryl methyl sites for hydroxylation is 1. The van der Waals surface area contributed by atoms with Crippen LogP contribution in [0, 0.1) is 12.8 Å². The third-order valence-electron chi connectivity index (χ3n) is 5.17. The number of anilines is 1. The maximum atomic E-state index is 13.2. The topological polar surface area (TPSA) is 46.6 Å². The molecule has 0 aromatic heterocycles. The standard InChI is InChI=1S/C23H27NO3S3/c1-12(2)10-17(25)24-16-9-8-13(3)11-15(16)18(20(28)23(24,5)6)22-29-14(4)19(30-22)21(26)27-7/h8-9,11-12H,10H2,1-7H3/b22-18+.